The van der Waals surface area contributed by atoms with Gasteiger partial charge in [-0.05, 0) is 38.5 Å². The van der Waals surface area contributed by atoms with E-state index in [4.69, 9.17) is 9.40 Å². The molecule has 0 bridgehead atoms. The van der Waals surface area contributed by atoms with Gasteiger partial charge in [-0.3, -0.25) is 9.20 Å². The van der Waals surface area contributed by atoms with E-state index in [1.54, 1.807) is 21.8 Å². The summed E-state index contributed by atoms with van der Waals surface area (Å²) in [6, 6.07) is 1.65. The van der Waals surface area contributed by atoms with Crippen LogP contribution < -0.4 is 5.56 Å². The smallest absolute Gasteiger partial charge is 0.276 e. The van der Waals surface area contributed by atoms with Crippen molar-refractivity contribution in [2.24, 2.45) is 0 Å². The van der Waals surface area contributed by atoms with E-state index in [9.17, 15) is 4.79 Å². The minimum Gasteiger partial charge on any atom is -0.416 e. The fourth-order valence-corrected chi connectivity index (χ4v) is 6.04. The summed E-state index contributed by atoms with van der Waals surface area (Å²) in [6.45, 7) is 0. The number of thiazole rings is 1. The molecule has 5 rings (SSSR count). The zero-order valence-electron chi connectivity index (χ0n) is 15.1. The molecule has 0 unspecified atom stereocenters. The summed E-state index contributed by atoms with van der Waals surface area (Å²) in [5.74, 6) is 1.75. The number of rotatable bonds is 4. The number of thioether (sulfide) groups is 1. The molecule has 1 saturated carbocycles. The summed E-state index contributed by atoms with van der Waals surface area (Å²) >= 11 is 3.13. The van der Waals surface area contributed by atoms with Gasteiger partial charge in [0.2, 0.25) is 5.89 Å². The highest BCUT2D eigenvalue weighted by Gasteiger charge is 2.22. The molecular formula is C19H22N4O2S2. The second kappa shape index (κ2) is 7.39. The molecule has 3 heterocycles. The van der Waals surface area contributed by atoms with Gasteiger partial charge in [-0.15, -0.1) is 21.5 Å². The quantitative estimate of drug-likeness (QED) is 0.604. The summed E-state index contributed by atoms with van der Waals surface area (Å²) in [5, 5.41) is 9.00. The van der Waals surface area contributed by atoms with Crippen LogP contribution in [0.3, 0.4) is 0 Å². The van der Waals surface area contributed by atoms with Gasteiger partial charge >= 0.3 is 0 Å². The number of fused-ring (bicyclic) bond motifs is 3. The maximum Gasteiger partial charge on any atom is 0.276 e. The van der Waals surface area contributed by atoms with Gasteiger partial charge in [0.05, 0.1) is 5.69 Å². The first-order valence-corrected chi connectivity index (χ1v) is 11.6. The Morgan fingerprint density at radius 3 is 2.89 bits per heavy atom. The lowest BCUT2D eigenvalue weighted by atomic mass is 9.89. The van der Waals surface area contributed by atoms with Crippen LogP contribution >= 0.6 is 23.1 Å². The SMILES string of the molecule is O=c1cc(CSc2nnc(C3CCCCC3)o2)nc2sc3c(n12)CCCC3. The van der Waals surface area contributed by atoms with E-state index in [0.717, 1.165) is 48.6 Å². The topological polar surface area (TPSA) is 73.3 Å². The fourth-order valence-electron chi connectivity index (χ4n) is 4.14. The molecule has 0 saturated heterocycles. The molecule has 2 aliphatic carbocycles. The predicted molar refractivity (Wildman–Crippen MR) is 106 cm³/mol. The molecule has 0 radical (unpaired) electrons. The standard InChI is InChI=1S/C19H22N4O2S2/c24-16-10-13(20-18-23(16)14-8-4-5-9-15(14)27-18)11-26-19-22-21-17(25-19)12-6-2-1-3-7-12/h10,12H,1-9,11H2. The Bertz CT molecular complexity index is 1020. The maximum atomic E-state index is 12.6. The second-order valence-electron chi connectivity index (χ2n) is 7.41. The van der Waals surface area contributed by atoms with Crippen molar-refractivity contribution in [3.05, 3.63) is 38.6 Å². The van der Waals surface area contributed by atoms with Crippen molar-refractivity contribution in [3.63, 3.8) is 0 Å². The van der Waals surface area contributed by atoms with Crippen LogP contribution in [-0.4, -0.2) is 19.6 Å². The van der Waals surface area contributed by atoms with Gasteiger partial charge in [0.1, 0.15) is 0 Å². The average Bonchev–Trinajstić information content (AvgIpc) is 3.31. The molecule has 6 nitrogen and oxygen atoms in total. The van der Waals surface area contributed by atoms with Crippen LogP contribution in [0.5, 0.6) is 0 Å². The first kappa shape index (κ1) is 17.4. The van der Waals surface area contributed by atoms with Crippen LogP contribution in [0, 0.1) is 0 Å². The van der Waals surface area contributed by atoms with Gasteiger partial charge < -0.3 is 4.42 Å². The lowest BCUT2D eigenvalue weighted by molar-refractivity contribution is 0.334. The molecule has 0 aliphatic heterocycles. The molecule has 3 aromatic rings. The Hall–Kier alpha value is -1.67. The second-order valence-corrected chi connectivity index (χ2v) is 9.40. The Kier molecular flexibility index (Phi) is 4.77. The zero-order valence-corrected chi connectivity index (χ0v) is 16.8. The van der Waals surface area contributed by atoms with Crippen molar-refractivity contribution in [2.75, 3.05) is 0 Å². The molecule has 3 aromatic heterocycles. The van der Waals surface area contributed by atoms with E-state index in [0.29, 0.717) is 16.9 Å². The van der Waals surface area contributed by atoms with Gasteiger partial charge in [0, 0.05) is 28.3 Å². The normalized spacial score (nSPS) is 18.1. The van der Waals surface area contributed by atoms with Gasteiger partial charge in [-0.1, -0.05) is 31.0 Å². The van der Waals surface area contributed by atoms with Crippen LogP contribution in [0.15, 0.2) is 20.5 Å². The van der Waals surface area contributed by atoms with E-state index < -0.39 is 0 Å². The van der Waals surface area contributed by atoms with Gasteiger partial charge in [0.15, 0.2) is 4.96 Å². The Morgan fingerprint density at radius 1 is 1.15 bits per heavy atom. The third-order valence-corrected chi connectivity index (χ3v) is 7.53. The molecule has 0 N–H and O–H groups in total. The molecule has 0 spiro atoms. The number of hydrogen-bond donors (Lipinski definition) is 0. The first-order valence-electron chi connectivity index (χ1n) is 9.77. The number of hydrogen-bond acceptors (Lipinski definition) is 7. The summed E-state index contributed by atoms with van der Waals surface area (Å²) in [6.07, 6.45) is 10.5. The third kappa shape index (κ3) is 3.45. The highest BCUT2D eigenvalue weighted by atomic mass is 32.2. The van der Waals surface area contributed by atoms with Gasteiger partial charge in [-0.2, -0.15) is 0 Å². The molecule has 27 heavy (non-hydrogen) atoms. The summed E-state index contributed by atoms with van der Waals surface area (Å²) in [5.41, 5.74) is 1.98. The van der Waals surface area contributed by atoms with Crippen LogP contribution in [0.2, 0.25) is 0 Å². The van der Waals surface area contributed by atoms with E-state index in [1.165, 1.54) is 48.0 Å². The molecule has 142 valence electrons. The van der Waals surface area contributed by atoms with E-state index in [1.807, 2.05) is 0 Å². The van der Waals surface area contributed by atoms with Crippen molar-refractivity contribution in [2.45, 2.75) is 74.7 Å². The molecule has 0 atom stereocenters. The highest BCUT2D eigenvalue weighted by molar-refractivity contribution is 7.98. The lowest BCUT2D eigenvalue weighted by Gasteiger charge is -2.17. The predicted octanol–water partition coefficient (Wildman–Crippen LogP) is 4.36. The fraction of sp³-hybridized carbons (Fsp3) is 0.579. The van der Waals surface area contributed by atoms with Crippen LogP contribution in [-0.2, 0) is 18.6 Å². The van der Waals surface area contributed by atoms with Gasteiger partial charge in [0.25, 0.3) is 10.8 Å². The Labute approximate surface area is 165 Å². The summed E-state index contributed by atoms with van der Waals surface area (Å²) in [7, 11) is 0. The third-order valence-electron chi connectivity index (χ3n) is 5.53. The minimum atomic E-state index is 0.0309. The molecular weight excluding hydrogens is 380 g/mol. The van der Waals surface area contributed by atoms with Gasteiger partial charge in [-0.25, -0.2) is 4.98 Å². The molecule has 1 fully saturated rings. The van der Waals surface area contributed by atoms with Crippen LogP contribution in [0.1, 0.15) is 73.0 Å². The maximum absolute atomic E-state index is 12.6. The minimum absolute atomic E-state index is 0.0309. The van der Waals surface area contributed by atoms with E-state index >= 15 is 0 Å². The average molecular weight is 403 g/mol. The Balaban J connectivity index is 1.33. The van der Waals surface area contributed by atoms with Crippen molar-refractivity contribution < 1.29 is 4.42 Å². The number of aromatic nitrogens is 4. The van der Waals surface area contributed by atoms with Crippen molar-refractivity contribution in [1.82, 2.24) is 19.6 Å². The lowest BCUT2D eigenvalue weighted by Crippen LogP contribution is -2.17. The zero-order chi connectivity index (χ0) is 18.2. The highest BCUT2D eigenvalue weighted by Crippen LogP contribution is 2.33. The summed E-state index contributed by atoms with van der Waals surface area (Å²) < 4.78 is 7.67. The summed E-state index contributed by atoms with van der Waals surface area (Å²) in [4.78, 5) is 19.5. The first-order chi connectivity index (χ1) is 13.3. The van der Waals surface area contributed by atoms with Crippen molar-refractivity contribution in [3.8, 4) is 0 Å². The molecule has 2 aliphatic rings. The van der Waals surface area contributed by atoms with Crippen LogP contribution in [0.25, 0.3) is 4.96 Å². The van der Waals surface area contributed by atoms with E-state index in [-0.39, 0.29) is 5.56 Å². The molecule has 0 amide bonds. The van der Waals surface area contributed by atoms with Crippen molar-refractivity contribution in [1.29, 1.82) is 0 Å². The Morgan fingerprint density at radius 2 is 2.00 bits per heavy atom. The van der Waals surface area contributed by atoms with Crippen molar-refractivity contribution >= 4 is 28.1 Å². The number of nitrogens with zero attached hydrogens (tertiary/aromatic N) is 4. The largest absolute Gasteiger partial charge is 0.416 e. The van der Waals surface area contributed by atoms with E-state index in [2.05, 4.69) is 10.2 Å². The van der Waals surface area contributed by atoms with Crippen LogP contribution in [0.4, 0.5) is 0 Å². The molecule has 8 heteroatoms. The molecule has 0 aromatic carbocycles. The number of aryl methyl sites for hydroxylation is 2. The monoisotopic (exact) mass is 402 g/mol.